The van der Waals surface area contributed by atoms with E-state index >= 15 is 0 Å². The van der Waals surface area contributed by atoms with Crippen molar-refractivity contribution in [1.29, 1.82) is 0 Å². The Labute approximate surface area is 105 Å². The highest BCUT2D eigenvalue weighted by Gasteiger charge is 2.09. The predicted molar refractivity (Wildman–Crippen MR) is 68.7 cm³/mol. The number of primary amides is 1. The highest BCUT2D eigenvalue weighted by molar-refractivity contribution is 5.84. The van der Waals surface area contributed by atoms with Crippen LogP contribution in [0.3, 0.4) is 0 Å². The van der Waals surface area contributed by atoms with Gasteiger partial charge in [0.15, 0.2) is 0 Å². The van der Waals surface area contributed by atoms with Gasteiger partial charge in [-0.1, -0.05) is 18.2 Å². The summed E-state index contributed by atoms with van der Waals surface area (Å²) < 4.78 is 0. The van der Waals surface area contributed by atoms with E-state index in [0.29, 0.717) is 6.54 Å². The monoisotopic (exact) mass is 245 g/mol. The first kappa shape index (κ1) is 12.5. The number of pyridine rings is 1. The Balaban J connectivity index is 2.06. The molecule has 2 aromatic rings. The van der Waals surface area contributed by atoms with Crippen molar-refractivity contribution in [2.75, 3.05) is 6.54 Å². The molecule has 0 aliphatic carbocycles. The van der Waals surface area contributed by atoms with Gasteiger partial charge in [0.1, 0.15) is 6.10 Å². The molecule has 0 fully saturated rings. The Morgan fingerprint density at radius 3 is 3.06 bits per heavy atom. The molecule has 0 saturated carbocycles. The van der Waals surface area contributed by atoms with Gasteiger partial charge in [-0.3, -0.25) is 9.78 Å². The Morgan fingerprint density at radius 2 is 2.28 bits per heavy atom. The first-order chi connectivity index (χ1) is 8.68. The molecular formula is C13H15N3O2. The lowest BCUT2D eigenvalue weighted by Crippen LogP contribution is -2.37. The summed E-state index contributed by atoms with van der Waals surface area (Å²) in [6, 6.07) is 7.87. The number of nitrogens with zero attached hydrogens (tertiary/aromatic N) is 1. The third kappa shape index (κ3) is 2.82. The summed E-state index contributed by atoms with van der Waals surface area (Å²) >= 11 is 0. The molecule has 1 unspecified atom stereocenters. The molecule has 94 valence electrons. The van der Waals surface area contributed by atoms with Gasteiger partial charge in [0.05, 0.1) is 0 Å². The van der Waals surface area contributed by atoms with Crippen LogP contribution < -0.4 is 11.1 Å². The number of carbonyl (C=O) groups is 1. The van der Waals surface area contributed by atoms with Gasteiger partial charge in [-0.2, -0.15) is 0 Å². The minimum Gasteiger partial charge on any atom is -0.382 e. The van der Waals surface area contributed by atoms with Gasteiger partial charge in [-0.15, -0.1) is 0 Å². The summed E-state index contributed by atoms with van der Waals surface area (Å²) in [4.78, 5) is 14.7. The highest BCUT2D eigenvalue weighted by Crippen LogP contribution is 2.16. The summed E-state index contributed by atoms with van der Waals surface area (Å²) in [7, 11) is 0. The van der Waals surface area contributed by atoms with Gasteiger partial charge in [0.25, 0.3) is 0 Å². The molecule has 1 atom stereocenters. The van der Waals surface area contributed by atoms with Crippen LogP contribution >= 0.6 is 0 Å². The number of aliphatic hydroxyl groups excluding tert-OH is 1. The molecule has 0 spiro atoms. The Morgan fingerprint density at radius 1 is 1.44 bits per heavy atom. The molecular weight excluding hydrogens is 230 g/mol. The number of aromatic nitrogens is 1. The second kappa shape index (κ2) is 5.57. The van der Waals surface area contributed by atoms with Crippen molar-refractivity contribution in [3.05, 3.63) is 42.2 Å². The van der Waals surface area contributed by atoms with E-state index < -0.39 is 12.0 Å². The van der Waals surface area contributed by atoms with Crippen LogP contribution in [0.25, 0.3) is 10.8 Å². The molecule has 18 heavy (non-hydrogen) atoms. The van der Waals surface area contributed by atoms with Crippen molar-refractivity contribution in [3.63, 3.8) is 0 Å². The van der Waals surface area contributed by atoms with Gasteiger partial charge in [-0.05, 0) is 17.0 Å². The van der Waals surface area contributed by atoms with Crippen LogP contribution in [0.2, 0.25) is 0 Å². The van der Waals surface area contributed by atoms with Crippen molar-refractivity contribution in [2.45, 2.75) is 12.6 Å². The van der Waals surface area contributed by atoms with E-state index in [1.165, 1.54) is 0 Å². The maximum Gasteiger partial charge on any atom is 0.247 e. The van der Waals surface area contributed by atoms with Crippen LogP contribution in [0.5, 0.6) is 0 Å². The maximum atomic E-state index is 10.7. The average Bonchev–Trinajstić information content (AvgIpc) is 2.38. The van der Waals surface area contributed by atoms with Crippen LogP contribution in [0.4, 0.5) is 0 Å². The second-order valence-electron chi connectivity index (χ2n) is 4.06. The Hall–Kier alpha value is -1.98. The van der Waals surface area contributed by atoms with Crippen molar-refractivity contribution in [3.8, 4) is 0 Å². The molecule has 0 bridgehead atoms. The highest BCUT2D eigenvalue weighted by atomic mass is 16.3. The number of rotatable bonds is 5. The molecule has 0 radical (unpaired) electrons. The fourth-order valence-corrected chi connectivity index (χ4v) is 1.79. The number of benzene rings is 1. The summed E-state index contributed by atoms with van der Waals surface area (Å²) in [5.74, 6) is -0.718. The SMILES string of the molecule is NC(=O)C(O)CNCc1cccc2cnccc12. The first-order valence-corrected chi connectivity index (χ1v) is 5.68. The van der Waals surface area contributed by atoms with E-state index in [1.54, 1.807) is 12.4 Å². The van der Waals surface area contributed by atoms with Gasteiger partial charge >= 0.3 is 0 Å². The lowest BCUT2D eigenvalue weighted by molar-refractivity contribution is -0.125. The number of nitrogens with one attached hydrogen (secondary N) is 1. The zero-order chi connectivity index (χ0) is 13.0. The third-order valence-corrected chi connectivity index (χ3v) is 2.75. The fraction of sp³-hybridized carbons (Fsp3) is 0.231. The Kier molecular flexibility index (Phi) is 3.86. The van der Waals surface area contributed by atoms with E-state index in [1.807, 2.05) is 24.3 Å². The first-order valence-electron chi connectivity index (χ1n) is 5.68. The van der Waals surface area contributed by atoms with E-state index in [-0.39, 0.29) is 6.54 Å². The molecule has 1 amide bonds. The molecule has 1 aromatic carbocycles. The summed E-state index contributed by atoms with van der Waals surface area (Å²) in [5, 5.41) is 14.4. The van der Waals surface area contributed by atoms with Crippen LogP contribution in [-0.4, -0.2) is 28.6 Å². The van der Waals surface area contributed by atoms with Gasteiger partial charge in [0, 0.05) is 30.9 Å². The maximum absolute atomic E-state index is 10.7. The van der Waals surface area contributed by atoms with Crippen LogP contribution in [0.15, 0.2) is 36.7 Å². The topological polar surface area (TPSA) is 88.2 Å². The standard InChI is InChI=1S/C13H15N3O2/c14-13(18)12(17)8-16-7-10-3-1-2-9-6-15-5-4-11(9)10/h1-6,12,16-17H,7-8H2,(H2,14,18). The van der Waals surface area contributed by atoms with Crippen molar-refractivity contribution in [2.24, 2.45) is 5.73 Å². The number of fused-ring (bicyclic) bond motifs is 1. The van der Waals surface area contributed by atoms with Crippen molar-refractivity contribution < 1.29 is 9.90 Å². The number of amides is 1. The van der Waals surface area contributed by atoms with Crippen LogP contribution in [0.1, 0.15) is 5.56 Å². The molecule has 4 N–H and O–H groups in total. The van der Waals surface area contributed by atoms with Crippen molar-refractivity contribution >= 4 is 16.7 Å². The minimum atomic E-state index is -1.15. The smallest absolute Gasteiger partial charge is 0.247 e. The molecule has 0 aliphatic rings. The van der Waals surface area contributed by atoms with E-state index in [9.17, 15) is 9.90 Å². The molecule has 5 heteroatoms. The second-order valence-corrected chi connectivity index (χ2v) is 4.06. The fourth-order valence-electron chi connectivity index (χ4n) is 1.79. The predicted octanol–water partition coefficient (Wildman–Crippen LogP) is 0.171. The molecule has 2 rings (SSSR count). The third-order valence-electron chi connectivity index (χ3n) is 2.75. The number of carbonyl (C=O) groups excluding carboxylic acids is 1. The normalized spacial score (nSPS) is 12.5. The zero-order valence-electron chi connectivity index (χ0n) is 9.84. The molecule has 0 saturated heterocycles. The van der Waals surface area contributed by atoms with E-state index in [2.05, 4.69) is 10.3 Å². The number of aliphatic hydroxyl groups is 1. The van der Waals surface area contributed by atoms with Crippen LogP contribution in [-0.2, 0) is 11.3 Å². The molecule has 1 aromatic heterocycles. The quantitative estimate of drug-likeness (QED) is 0.700. The van der Waals surface area contributed by atoms with Crippen LogP contribution in [0, 0.1) is 0 Å². The van der Waals surface area contributed by atoms with Gasteiger partial charge < -0.3 is 16.2 Å². The summed E-state index contributed by atoms with van der Waals surface area (Å²) in [6.07, 6.45) is 2.39. The lowest BCUT2D eigenvalue weighted by Gasteiger charge is -2.10. The Bertz CT molecular complexity index is 551. The van der Waals surface area contributed by atoms with Gasteiger partial charge in [0.2, 0.25) is 5.91 Å². The molecule has 5 nitrogen and oxygen atoms in total. The lowest BCUT2D eigenvalue weighted by atomic mass is 10.1. The molecule has 1 heterocycles. The number of hydrogen-bond acceptors (Lipinski definition) is 4. The van der Waals surface area contributed by atoms with E-state index in [0.717, 1.165) is 16.3 Å². The minimum absolute atomic E-state index is 0.150. The number of hydrogen-bond donors (Lipinski definition) is 3. The summed E-state index contributed by atoms with van der Waals surface area (Å²) in [6.45, 7) is 0.711. The van der Waals surface area contributed by atoms with Gasteiger partial charge in [-0.25, -0.2) is 0 Å². The zero-order valence-corrected chi connectivity index (χ0v) is 9.84. The average molecular weight is 245 g/mol. The largest absolute Gasteiger partial charge is 0.382 e. The van der Waals surface area contributed by atoms with E-state index in [4.69, 9.17) is 5.73 Å². The summed E-state index contributed by atoms with van der Waals surface area (Å²) in [5.41, 5.74) is 6.06. The number of nitrogens with two attached hydrogens (primary N) is 1. The molecule has 0 aliphatic heterocycles. The van der Waals surface area contributed by atoms with Crippen molar-refractivity contribution in [1.82, 2.24) is 10.3 Å².